The summed E-state index contributed by atoms with van der Waals surface area (Å²) in [6.45, 7) is 52.2. The number of carbonyl (C=O) groups excluding carboxylic acids is 6. The fourth-order valence-electron chi connectivity index (χ4n) is 27.4. The van der Waals surface area contributed by atoms with Gasteiger partial charge in [0.2, 0.25) is 0 Å². The van der Waals surface area contributed by atoms with Crippen molar-refractivity contribution < 1.29 is 105 Å². The maximum absolute atomic E-state index is 13.1. The van der Waals surface area contributed by atoms with E-state index in [1.54, 1.807) is 0 Å². The van der Waals surface area contributed by atoms with Crippen LogP contribution < -0.4 is 31.9 Å². The summed E-state index contributed by atoms with van der Waals surface area (Å²) >= 11 is 0. The highest BCUT2D eigenvalue weighted by Gasteiger charge is 2.48. The molecule has 5 aliphatic heterocycles. The zero-order chi connectivity index (χ0) is 105. The van der Waals surface area contributed by atoms with Crippen LogP contribution in [0.15, 0.2) is 0 Å². The molecular weight excluding hydrogens is 1890 g/mol. The van der Waals surface area contributed by atoms with Crippen LogP contribution in [0.5, 0.6) is 0 Å². The molecule has 8 saturated carbocycles. The van der Waals surface area contributed by atoms with E-state index in [4.69, 9.17) is 75.8 Å². The number of carbonyl (C=O) groups is 6. The first-order chi connectivity index (χ1) is 71.4. The average molecular weight is 2090 g/mol. The molecule has 0 bridgehead atoms. The predicted octanol–water partition coefficient (Wildman–Crippen LogP) is 16.0. The summed E-state index contributed by atoms with van der Waals surface area (Å²) in [5, 5.41) is 17.1. The Morgan fingerprint density at radius 3 is 0.473 bits per heavy atom. The number of epoxide rings is 2. The fourth-order valence-corrected chi connectivity index (χ4v) is 27.4. The lowest BCUT2D eigenvalue weighted by atomic mass is 9.60. The van der Waals surface area contributed by atoms with Gasteiger partial charge in [0.05, 0.1) is 115 Å². The Balaban J connectivity index is 0.481. The largest absolute Gasteiger partial charge is 0.442 e. The van der Waals surface area contributed by atoms with E-state index in [1.165, 1.54) is 25.7 Å². The molecule has 13 aliphatic rings. The van der Waals surface area contributed by atoms with Crippen molar-refractivity contribution in [3.63, 3.8) is 0 Å². The Morgan fingerprint density at radius 2 is 0.351 bits per heavy atom. The molecule has 8 aliphatic carbocycles. The molecule has 34 heteroatoms. The lowest BCUT2D eigenvalue weighted by Gasteiger charge is -2.47. The van der Waals surface area contributed by atoms with E-state index < -0.39 is 73.2 Å². The van der Waals surface area contributed by atoms with Gasteiger partial charge in [0.15, 0.2) is 0 Å². The third-order valence-electron chi connectivity index (χ3n) is 37.5. The smallest absolute Gasteiger partial charge is 0.407 e. The van der Waals surface area contributed by atoms with Crippen LogP contribution in [0.3, 0.4) is 0 Å². The predicted molar refractivity (Wildman–Crippen MR) is 571 cm³/mol. The Morgan fingerprint density at radius 1 is 0.223 bits per heavy atom. The van der Waals surface area contributed by atoms with Crippen molar-refractivity contribution in [2.45, 2.75) is 400 Å². The molecule has 5 heterocycles. The van der Waals surface area contributed by atoms with Crippen LogP contribution in [0.25, 0.3) is 0 Å². The lowest BCUT2D eigenvalue weighted by molar-refractivity contribution is -0.0724. The van der Waals surface area contributed by atoms with Crippen LogP contribution >= 0.6 is 0 Å². The molecule has 6 N–H and O–H groups in total. The summed E-state index contributed by atoms with van der Waals surface area (Å²) in [5.74, 6) is 4.99. The third-order valence-corrected chi connectivity index (χ3v) is 37.5. The maximum atomic E-state index is 13.1. The second-order valence-corrected chi connectivity index (χ2v) is 48.8. The monoisotopic (exact) mass is 2090 g/mol. The van der Waals surface area contributed by atoms with Gasteiger partial charge in [-0.3, -0.25) is 29.4 Å². The standard InChI is InChI=1S/C114H204N12O22/c1-15-115-105(127)143-97(71-133-89-37-21-81(22-38-89)111(7,8)83-25-41-91(42-26-83)135-73-99(145-107(129)117-17-3)67-123-57-61-125(62-58-123)69-101(147-109(131)119-19-5)75-137-93-45-29-85(30-46-93)113(11,12)87-33-49-95(50-34-87)139-77-103-79-141-103)65-121-53-55-122(56-54-121)66-98(144-106(128)116-16-2)72-134-90-39-23-82(24-40-90)112(9,10)84-27-43-92(44-28-84)136-74-100(146-108(130)118-18-4)68-124-59-63-126(64-60-124)70-102(148-110(132)120-20-6)76-138-94-47-31-86(32-48-94)114(13,14)88-35-51-96(52-36-88)140-78-104-80-142-104/h81-104H,15-80H2,1-14H3,(H,115,127)(H,116,128)(H,117,129)(H,118,130)(H,119,131)(H,120,132). The van der Waals surface area contributed by atoms with Gasteiger partial charge in [0.25, 0.3) is 0 Å². The summed E-state index contributed by atoms with van der Waals surface area (Å²) in [7, 11) is 0. The number of piperazine rings is 3. The summed E-state index contributed by atoms with van der Waals surface area (Å²) in [5.41, 5.74) is 0.819. The molecule has 5 saturated heterocycles. The van der Waals surface area contributed by atoms with Crippen molar-refractivity contribution in [1.29, 1.82) is 0 Å². The summed E-state index contributed by atoms with van der Waals surface area (Å²) in [6.07, 6.45) is 31.6. The van der Waals surface area contributed by atoms with Crippen LogP contribution in [0, 0.1) is 69.0 Å². The third kappa shape index (κ3) is 39.3. The highest BCUT2D eigenvalue weighted by molar-refractivity contribution is 5.69. The topological polar surface area (TPSA) is 348 Å². The quantitative estimate of drug-likeness (QED) is 0.0243. The van der Waals surface area contributed by atoms with Gasteiger partial charge in [-0.25, -0.2) is 28.8 Å². The van der Waals surface area contributed by atoms with E-state index in [-0.39, 0.29) is 58.3 Å². The van der Waals surface area contributed by atoms with Gasteiger partial charge < -0.3 is 108 Å². The second kappa shape index (κ2) is 61.1. The van der Waals surface area contributed by atoms with Gasteiger partial charge in [0.1, 0.15) is 48.8 Å². The minimum Gasteiger partial charge on any atom is -0.442 e. The number of alkyl carbamates (subject to hydrolysis) is 6. The molecule has 6 amide bonds. The molecule has 13 fully saturated rings. The van der Waals surface area contributed by atoms with Crippen LogP contribution in [0.2, 0.25) is 0 Å². The van der Waals surface area contributed by atoms with E-state index in [0.29, 0.717) is 190 Å². The number of rotatable bonds is 56. The van der Waals surface area contributed by atoms with Crippen molar-refractivity contribution in [3.05, 3.63) is 0 Å². The number of amides is 6. The molecule has 34 nitrogen and oxygen atoms in total. The molecule has 0 aromatic heterocycles. The normalized spacial score (nSPS) is 30.6. The first kappa shape index (κ1) is 120. The van der Waals surface area contributed by atoms with Gasteiger partial charge >= 0.3 is 36.6 Å². The first-order valence-electron chi connectivity index (χ1n) is 59.6. The molecule has 148 heavy (non-hydrogen) atoms. The molecule has 0 radical (unpaired) electrons. The van der Waals surface area contributed by atoms with Crippen LogP contribution in [0.4, 0.5) is 28.8 Å². The average Bonchev–Trinajstić information content (AvgIpc) is 1.34. The van der Waals surface area contributed by atoms with Crippen molar-refractivity contribution in [2.24, 2.45) is 69.0 Å². The molecule has 8 unspecified atom stereocenters. The van der Waals surface area contributed by atoms with Gasteiger partial charge in [-0.2, -0.15) is 0 Å². The minimum atomic E-state index is -0.447. The second-order valence-electron chi connectivity index (χ2n) is 48.8. The number of nitrogens with zero attached hydrogens (tertiary/aromatic N) is 6. The maximum Gasteiger partial charge on any atom is 0.407 e. The van der Waals surface area contributed by atoms with E-state index in [1.807, 2.05) is 41.5 Å². The zero-order valence-corrected chi connectivity index (χ0v) is 94.2. The molecule has 0 aromatic rings. The summed E-state index contributed by atoms with van der Waals surface area (Å²) in [6, 6.07) is 0. The molecular formula is C114H204N12O22. The van der Waals surface area contributed by atoms with Crippen LogP contribution in [-0.4, -0.2) is 387 Å². The van der Waals surface area contributed by atoms with Crippen molar-refractivity contribution in [3.8, 4) is 0 Å². The number of hydrogen-bond acceptors (Lipinski definition) is 28. The van der Waals surface area contributed by atoms with Gasteiger partial charge in [-0.15, -0.1) is 0 Å². The van der Waals surface area contributed by atoms with E-state index >= 15 is 0 Å². The van der Waals surface area contributed by atoms with Gasteiger partial charge in [-0.1, -0.05) is 55.4 Å². The highest BCUT2D eigenvalue weighted by Crippen LogP contribution is 2.54. The molecule has 0 spiro atoms. The lowest BCUT2D eigenvalue weighted by Crippen LogP contribution is -2.52. The molecule has 13 rings (SSSR count). The van der Waals surface area contributed by atoms with Crippen molar-refractivity contribution in [1.82, 2.24) is 61.3 Å². The Bertz CT molecular complexity index is 3500. The highest BCUT2D eigenvalue weighted by atomic mass is 16.6. The van der Waals surface area contributed by atoms with Crippen LogP contribution in [-0.2, 0) is 75.8 Å². The van der Waals surface area contributed by atoms with Crippen molar-refractivity contribution >= 4 is 36.6 Å². The minimum absolute atomic E-state index is 0.0856. The fraction of sp³-hybridized carbons (Fsp3) is 0.947. The summed E-state index contributed by atoms with van der Waals surface area (Å²) in [4.78, 5) is 92.5. The Labute approximate surface area is 890 Å². The SMILES string of the molecule is CCNC(=O)OC(COC1CCC(C(C)(C)C2CCC(OCC3CO3)CC2)CC1)CN1CCN(CC(COC2CCC(C(C)(C)C3CCC(OCC(CN4CCN(CC(COC5CCC(C(C)(C)C6CCC(OCC(CN7CCN(CC(COC8CCC(C(C)(C)C9CCC(OCC%10CO%10)CC9)CC8)OC(=O)NCC)CC7)OC(=O)NCC)CC6)CC5)OC(=O)NCC)CC4)OC(=O)NCC)CC3)CC2)OC(=O)NCC)CC1. The van der Waals surface area contributed by atoms with E-state index in [9.17, 15) is 28.8 Å². The Hall–Kier alpha value is -5.02. The zero-order valence-electron chi connectivity index (χ0n) is 94.2. The molecule has 852 valence electrons. The Kier molecular flexibility index (Phi) is 49.5. The number of nitrogens with one attached hydrogen (secondary N) is 6. The molecule has 8 atom stereocenters. The summed E-state index contributed by atoms with van der Waals surface area (Å²) < 4.78 is 99.8. The van der Waals surface area contributed by atoms with Crippen molar-refractivity contribution in [2.75, 3.05) is 223 Å². The van der Waals surface area contributed by atoms with E-state index in [2.05, 4.69) is 117 Å². The first-order valence-corrected chi connectivity index (χ1v) is 59.6. The van der Waals surface area contributed by atoms with Gasteiger partial charge in [-0.05, 0) is 316 Å². The molecule has 0 aromatic carbocycles. The van der Waals surface area contributed by atoms with E-state index in [0.717, 1.165) is 285 Å². The number of hydrogen-bond donors (Lipinski definition) is 6. The van der Waals surface area contributed by atoms with Crippen LogP contribution in [0.1, 0.15) is 302 Å². The van der Waals surface area contributed by atoms with Gasteiger partial charge in [0, 0.05) is 157 Å². The number of ether oxygens (including phenoxy) is 16.